The fourth-order valence-electron chi connectivity index (χ4n) is 4.43. The summed E-state index contributed by atoms with van der Waals surface area (Å²) < 4.78 is 12.2. The third-order valence-corrected chi connectivity index (χ3v) is 12.0. The van der Waals surface area contributed by atoms with Crippen LogP contribution < -0.4 is 0 Å². The SMILES string of the molecule is C[C@@H](O[Si](C)(C)C(C)(C)C)[C@H]1[C@@H](N2C(=O)OC[C@@H]2C(C)(C)C)C(=O)N1Cc1ccccc1. The molecule has 0 unspecified atom stereocenters. The van der Waals surface area contributed by atoms with Crippen LogP contribution in [-0.4, -0.2) is 61.0 Å². The molecule has 7 heteroatoms. The van der Waals surface area contributed by atoms with Gasteiger partial charge in [0, 0.05) is 6.54 Å². The Hall–Kier alpha value is -1.86. The monoisotopic (exact) mass is 460 g/mol. The molecule has 2 aliphatic rings. The Kier molecular flexibility index (Phi) is 6.57. The van der Waals surface area contributed by atoms with Crippen LogP contribution in [0.15, 0.2) is 30.3 Å². The Labute approximate surface area is 194 Å². The molecule has 4 atom stereocenters. The van der Waals surface area contributed by atoms with Crippen molar-refractivity contribution in [1.29, 1.82) is 0 Å². The maximum absolute atomic E-state index is 13.5. The normalized spacial score (nSPS) is 25.6. The molecule has 3 rings (SSSR count). The van der Waals surface area contributed by atoms with E-state index in [0.29, 0.717) is 13.2 Å². The van der Waals surface area contributed by atoms with Gasteiger partial charge in [0.05, 0.1) is 18.2 Å². The summed E-state index contributed by atoms with van der Waals surface area (Å²) in [7, 11) is -2.07. The number of likely N-dealkylation sites (tertiary alicyclic amines) is 1. The number of carbonyl (C=O) groups excluding carboxylic acids is 2. The zero-order valence-corrected chi connectivity index (χ0v) is 22.1. The van der Waals surface area contributed by atoms with Gasteiger partial charge in [0.15, 0.2) is 8.32 Å². The highest BCUT2D eigenvalue weighted by Gasteiger charge is 2.59. The van der Waals surface area contributed by atoms with Crippen LogP contribution in [0.3, 0.4) is 0 Å². The minimum absolute atomic E-state index is 0.0300. The Balaban J connectivity index is 1.93. The molecule has 0 aliphatic carbocycles. The highest BCUT2D eigenvalue weighted by atomic mass is 28.4. The number of β-lactam (4-membered cyclic amide) rings is 1. The van der Waals surface area contributed by atoms with E-state index in [4.69, 9.17) is 9.16 Å². The van der Waals surface area contributed by atoms with E-state index in [0.717, 1.165) is 5.56 Å². The van der Waals surface area contributed by atoms with E-state index in [2.05, 4.69) is 61.6 Å². The van der Waals surface area contributed by atoms with Crippen molar-refractivity contribution in [1.82, 2.24) is 9.80 Å². The largest absolute Gasteiger partial charge is 0.447 e. The van der Waals surface area contributed by atoms with Crippen LogP contribution in [-0.2, 0) is 20.5 Å². The zero-order valence-electron chi connectivity index (χ0n) is 21.1. The predicted molar refractivity (Wildman–Crippen MR) is 129 cm³/mol. The van der Waals surface area contributed by atoms with E-state index in [-0.39, 0.29) is 34.5 Å². The second-order valence-electron chi connectivity index (χ2n) is 11.8. The van der Waals surface area contributed by atoms with Crippen LogP contribution in [0.2, 0.25) is 18.1 Å². The molecular formula is C25H40N2O4Si. The molecule has 0 bridgehead atoms. The number of rotatable bonds is 6. The molecule has 0 saturated carbocycles. The van der Waals surface area contributed by atoms with Gasteiger partial charge in [-0.15, -0.1) is 0 Å². The molecule has 1 aromatic carbocycles. The first-order valence-corrected chi connectivity index (χ1v) is 14.5. The second kappa shape index (κ2) is 8.49. The fourth-order valence-corrected chi connectivity index (χ4v) is 5.85. The number of benzene rings is 1. The third kappa shape index (κ3) is 4.60. The molecule has 0 spiro atoms. The standard InChI is InChI=1S/C25H40N2O4Si/c1-17(31-32(8,9)25(5,6)7)20-21(27-19(24(2,3)4)16-30-23(27)29)22(28)26(20)15-18-13-11-10-12-14-18/h10-14,17,19-21H,15-16H2,1-9H3/t17-,19-,20+,21-/m1/s1. The molecule has 2 heterocycles. The number of carbonyl (C=O) groups is 2. The molecule has 0 radical (unpaired) electrons. The zero-order chi connectivity index (χ0) is 24.1. The lowest BCUT2D eigenvalue weighted by Gasteiger charge is -2.55. The summed E-state index contributed by atoms with van der Waals surface area (Å²) in [5.74, 6) is -0.0300. The van der Waals surface area contributed by atoms with Gasteiger partial charge in [-0.25, -0.2) is 4.79 Å². The lowest BCUT2D eigenvalue weighted by molar-refractivity contribution is -0.167. The first kappa shape index (κ1) is 24.8. The minimum Gasteiger partial charge on any atom is -0.447 e. The Bertz CT molecular complexity index is 844. The average molecular weight is 461 g/mol. The summed E-state index contributed by atoms with van der Waals surface area (Å²) in [6.45, 7) is 20.2. The van der Waals surface area contributed by atoms with Gasteiger partial charge in [-0.1, -0.05) is 71.9 Å². The summed E-state index contributed by atoms with van der Waals surface area (Å²) in [5, 5.41) is 0.0509. The van der Waals surface area contributed by atoms with Gasteiger partial charge in [-0.2, -0.15) is 0 Å². The van der Waals surface area contributed by atoms with Gasteiger partial charge in [0.25, 0.3) is 0 Å². The lowest BCUT2D eigenvalue weighted by Crippen LogP contribution is -2.75. The molecule has 178 valence electrons. The summed E-state index contributed by atoms with van der Waals surface area (Å²) in [5.41, 5.74) is 0.876. The van der Waals surface area contributed by atoms with Gasteiger partial charge >= 0.3 is 6.09 Å². The third-order valence-electron chi connectivity index (χ3n) is 7.39. The molecule has 6 nitrogen and oxygen atoms in total. The first-order chi connectivity index (χ1) is 14.6. The van der Waals surface area contributed by atoms with Crippen molar-refractivity contribution in [2.45, 2.75) is 97.4 Å². The Morgan fingerprint density at radius 2 is 1.69 bits per heavy atom. The molecule has 0 aromatic heterocycles. The van der Waals surface area contributed by atoms with Crippen LogP contribution in [0.5, 0.6) is 0 Å². The van der Waals surface area contributed by atoms with Gasteiger partial charge in [-0.05, 0) is 36.0 Å². The van der Waals surface area contributed by atoms with Crippen LogP contribution in [0.25, 0.3) is 0 Å². The van der Waals surface area contributed by atoms with Crippen molar-refractivity contribution in [3.63, 3.8) is 0 Å². The highest BCUT2D eigenvalue weighted by Crippen LogP contribution is 2.42. The first-order valence-electron chi connectivity index (χ1n) is 11.6. The van der Waals surface area contributed by atoms with Crippen molar-refractivity contribution in [3.8, 4) is 0 Å². The molecule has 2 fully saturated rings. The van der Waals surface area contributed by atoms with Crippen molar-refractivity contribution in [2.24, 2.45) is 5.41 Å². The summed E-state index contributed by atoms with van der Waals surface area (Å²) in [6, 6.07) is 9.07. The number of hydrogen-bond donors (Lipinski definition) is 0. The fraction of sp³-hybridized carbons (Fsp3) is 0.680. The topological polar surface area (TPSA) is 59.1 Å². The number of ether oxygens (including phenoxy) is 1. The van der Waals surface area contributed by atoms with Crippen LogP contribution in [0.1, 0.15) is 54.0 Å². The Morgan fingerprint density at radius 1 is 1.09 bits per heavy atom. The maximum atomic E-state index is 13.5. The van der Waals surface area contributed by atoms with Gasteiger partial charge < -0.3 is 14.1 Å². The molecule has 2 saturated heterocycles. The van der Waals surface area contributed by atoms with Crippen LogP contribution in [0, 0.1) is 5.41 Å². The van der Waals surface area contributed by atoms with E-state index >= 15 is 0 Å². The number of amides is 2. The van der Waals surface area contributed by atoms with Gasteiger partial charge in [0.2, 0.25) is 5.91 Å². The Morgan fingerprint density at radius 3 is 2.22 bits per heavy atom. The van der Waals surface area contributed by atoms with E-state index in [1.54, 1.807) is 4.90 Å². The molecule has 2 aliphatic heterocycles. The smallest absolute Gasteiger partial charge is 0.410 e. The van der Waals surface area contributed by atoms with Crippen LogP contribution >= 0.6 is 0 Å². The average Bonchev–Trinajstić information content (AvgIpc) is 3.04. The molecule has 1 aromatic rings. The minimum atomic E-state index is -2.07. The van der Waals surface area contributed by atoms with E-state index < -0.39 is 20.5 Å². The van der Waals surface area contributed by atoms with Crippen molar-refractivity contribution < 1.29 is 18.8 Å². The quantitative estimate of drug-likeness (QED) is 0.441. The molecule has 2 amide bonds. The summed E-state index contributed by atoms with van der Waals surface area (Å²) >= 11 is 0. The lowest BCUT2D eigenvalue weighted by atomic mass is 9.82. The predicted octanol–water partition coefficient (Wildman–Crippen LogP) is 5.04. The summed E-state index contributed by atoms with van der Waals surface area (Å²) in [4.78, 5) is 29.8. The highest BCUT2D eigenvalue weighted by molar-refractivity contribution is 6.74. The van der Waals surface area contributed by atoms with E-state index in [1.165, 1.54) is 0 Å². The van der Waals surface area contributed by atoms with E-state index in [1.807, 2.05) is 35.2 Å². The maximum Gasteiger partial charge on any atom is 0.410 e. The van der Waals surface area contributed by atoms with Gasteiger partial charge in [-0.3, -0.25) is 9.69 Å². The summed E-state index contributed by atoms with van der Waals surface area (Å²) in [6.07, 6.45) is -0.594. The van der Waals surface area contributed by atoms with Crippen molar-refractivity contribution >= 4 is 20.3 Å². The van der Waals surface area contributed by atoms with Crippen LogP contribution in [0.4, 0.5) is 4.79 Å². The molecule has 0 N–H and O–H groups in total. The number of nitrogens with zero attached hydrogens (tertiary/aromatic N) is 2. The number of hydrogen-bond acceptors (Lipinski definition) is 4. The molecule has 32 heavy (non-hydrogen) atoms. The van der Waals surface area contributed by atoms with Crippen molar-refractivity contribution in [3.05, 3.63) is 35.9 Å². The van der Waals surface area contributed by atoms with Crippen molar-refractivity contribution in [2.75, 3.05) is 6.61 Å². The van der Waals surface area contributed by atoms with Gasteiger partial charge in [0.1, 0.15) is 12.6 Å². The van der Waals surface area contributed by atoms with E-state index in [9.17, 15) is 9.59 Å². The second-order valence-corrected chi connectivity index (χ2v) is 16.6. The molecular weight excluding hydrogens is 420 g/mol. The number of cyclic esters (lactones) is 1.